The SMILES string of the molecule is Cc1csc(CNC(=O)NCC(C)(C)C(C)C)n1. The number of aryl methyl sites for hydroxylation is 1. The number of thiazole rings is 1. The second-order valence-electron chi connectivity index (χ2n) is 5.56. The Kier molecular flexibility index (Phi) is 5.14. The Balaban J connectivity index is 2.30. The summed E-state index contributed by atoms with van der Waals surface area (Å²) in [6, 6.07) is -0.128. The highest BCUT2D eigenvalue weighted by Gasteiger charge is 2.22. The molecule has 2 N–H and O–H groups in total. The second kappa shape index (κ2) is 6.18. The molecule has 0 unspecified atom stereocenters. The lowest BCUT2D eigenvalue weighted by Gasteiger charge is -2.29. The average molecular weight is 269 g/mol. The molecule has 0 aliphatic heterocycles. The van der Waals surface area contributed by atoms with Gasteiger partial charge in [-0.3, -0.25) is 0 Å². The van der Waals surface area contributed by atoms with Crippen LogP contribution in [0, 0.1) is 18.3 Å². The van der Waals surface area contributed by atoms with Crippen LogP contribution in [-0.4, -0.2) is 17.6 Å². The Hall–Kier alpha value is -1.10. The van der Waals surface area contributed by atoms with Gasteiger partial charge in [0.15, 0.2) is 0 Å². The van der Waals surface area contributed by atoms with E-state index in [1.54, 1.807) is 11.3 Å². The minimum absolute atomic E-state index is 0.106. The fraction of sp³-hybridized carbons (Fsp3) is 0.692. The van der Waals surface area contributed by atoms with E-state index in [1.807, 2.05) is 12.3 Å². The minimum Gasteiger partial charge on any atom is -0.338 e. The number of nitrogens with one attached hydrogen (secondary N) is 2. The maximum Gasteiger partial charge on any atom is 0.315 e. The van der Waals surface area contributed by atoms with Crippen LogP contribution in [-0.2, 0) is 6.54 Å². The molecule has 0 radical (unpaired) electrons. The third-order valence-electron chi connectivity index (χ3n) is 3.33. The van der Waals surface area contributed by atoms with Crippen molar-refractivity contribution >= 4 is 17.4 Å². The molecule has 0 atom stereocenters. The first-order valence-corrected chi connectivity index (χ1v) is 7.12. The van der Waals surface area contributed by atoms with E-state index in [-0.39, 0.29) is 11.4 Å². The number of nitrogens with zero attached hydrogens (tertiary/aromatic N) is 1. The molecular weight excluding hydrogens is 246 g/mol. The van der Waals surface area contributed by atoms with Crippen LogP contribution >= 0.6 is 11.3 Å². The van der Waals surface area contributed by atoms with Crippen molar-refractivity contribution < 1.29 is 4.79 Å². The van der Waals surface area contributed by atoms with E-state index in [9.17, 15) is 4.79 Å². The molecule has 4 nitrogen and oxygen atoms in total. The summed E-state index contributed by atoms with van der Waals surface area (Å²) in [5, 5.41) is 8.65. The molecule has 2 amide bonds. The summed E-state index contributed by atoms with van der Waals surface area (Å²) in [5.74, 6) is 0.527. The Morgan fingerprint density at radius 3 is 2.61 bits per heavy atom. The second-order valence-corrected chi connectivity index (χ2v) is 6.50. The van der Waals surface area contributed by atoms with Crippen LogP contribution in [0.25, 0.3) is 0 Å². The largest absolute Gasteiger partial charge is 0.338 e. The molecule has 5 heteroatoms. The number of urea groups is 1. The van der Waals surface area contributed by atoms with Gasteiger partial charge < -0.3 is 10.6 Å². The summed E-state index contributed by atoms with van der Waals surface area (Å²) < 4.78 is 0. The minimum atomic E-state index is -0.128. The molecule has 0 aliphatic carbocycles. The zero-order valence-electron chi connectivity index (χ0n) is 11.8. The van der Waals surface area contributed by atoms with E-state index in [2.05, 4.69) is 43.3 Å². The van der Waals surface area contributed by atoms with Crippen LogP contribution in [0.5, 0.6) is 0 Å². The van der Waals surface area contributed by atoms with E-state index in [4.69, 9.17) is 0 Å². The lowest BCUT2D eigenvalue weighted by Crippen LogP contribution is -2.42. The number of aromatic nitrogens is 1. The number of carbonyl (C=O) groups excluding carboxylic acids is 1. The molecule has 0 spiro atoms. The van der Waals surface area contributed by atoms with Crippen molar-refractivity contribution in [3.8, 4) is 0 Å². The third-order valence-corrected chi connectivity index (χ3v) is 4.30. The number of carbonyl (C=O) groups is 1. The van der Waals surface area contributed by atoms with E-state index in [0.29, 0.717) is 19.0 Å². The van der Waals surface area contributed by atoms with Crippen LogP contribution in [0.15, 0.2) is 5.38 Å². The van der Waals surface area contributed by atoms with Gasteiger partial charge in [-0.1, -0.05) is 27.7 Å². The summed E-state index contributed by atoms with van der Waals surface area (Å²) in [6.07, 6.45) is 0. The van der Waals surface area contributed by atoms with Gasteiger partial charge in [-0.2, -0.15) is 0 Å². The van der Waals surface area contributed by atoms with Crippen molar-refractivity contribution in [2.24, 2.45) is 11.3 Å². The smallest absolute Gasteiger partial charge is 0.315 e. The Morgan fingerprint density at radius 2 is 2.11 bits per heavy atom. The van der Waals surface area contributed by atoms with E-state index in [0.717, 1.165) is 10.7 Å². The summed E-state index contributed by atoms with van der Waals surface area (Å²) >= 11 is 1.57. The van der Waals surface area contributed by atoms with Gasteiger partial charge in [0.1, 0.15) is 5.01 Å². The molecule has 1 rings (SSSR count). The maximum atomic E-state index is 11.6. The lowest BCUT2D eigenvalue weighted by molar-refractivity contribution is 0.215. The molecule has 1 heterocycles. The van der Waals surface area contributed by atoms with Crippen LogP contribution in [0.1, 0.15) is 38.4 Å². The molecule has 0 saturated carbocycles. The monoisotopic (exact) mass is 269 g/mol. The number of amides is 2. The van der Waals surface area contributed by atoms with Crippen molar-refractivity contribution in [2.45, 2.75) is 41.2 Å². The molecule has 18 heavy (non-hydrogen) atoms. The molecule has 102 valence electrons. The Bertz CT molecular complexity index is 399. The number of hydrogen-bond acceptors (Lipinski definition) is 3. The van der Waals surface area contributed by atoms with Crippen LogP contribution in [0.3, 0.4) is 0 Å². The maximum absolute atomic E-state index is 11.6. The first-order valence-electron chi connectivity index (χ1n) is 6.24. The van der Waals surface area contributed by atoms with Gasteiger partial charge in [-0.05, 0) is 18.3 Å². The van der Waals surface area contributed by atoms with Gasteiger partial charge in [0, 0.05) is 17.6 Å². The lowest BCUT2D eigenvalue weighted by atomic mass is 9.81. The summed E-state index contributed by atoms with van der Waals surface area (Å²) in [4.78, 5) is 15.9. The van der Waals surface area contributed by atoms with Crippen LogP contribution in [0.4, 0.5) is 4.79 Å². The van der Waals surface area contributed by atoms with Gasteiger partial charge >= 0.3 is 6.03 Å². The van der Waals surface area contributed by atoms with Crippen molar-refractivity contribution in [2.75, 3.05) is 6.54 Å². The molecule has 0 fully saturated rings. The van der Waals surface area contributed by atoms with Crippen molar-refractivity contribution in [3.05, 3.63) is 16.1 Å². The van der Waals surface area contributed by atoms with Gasteiger partial charge in [0.05, 0.1) is 6.54 Å². The standard InChI is InChI=1S/C13H23N3OS/c1-9(2)13(4,5)8-15-12(17)14-6-11-16-10(3)7-18-11/h7,9H,6,8H2,1-5H3,(H2,14,15,17). The molecule has 0 saturated heterocycles. The molecule has 1 aromatic heterocycles. The van der Waals surface area contributed by atoms with E-state index < -0.39 is 0 Å². The summed E-state index contributed by atoms with van der Waals surface area (Å²) in [6.45, 7) is 11.8. The predicted octanol–water partition coefficient (Wildman–Crippen LogP) is 2.93. The van der Waals surface area contributed by atoms with Gasteiger partial charge in [-0.15, -0.1) is 11.3 Å². The number of rotatable bonds is 5. The van der Waals surface area contributed by atoms with Crippen LogP contribution < -0.4 is 10.6 Å². The van der Waals surface area contributed by atoms with Crippen molar-refractivity contribution in [3.63, 3.8) is 0 Å². The normalized spacial score (nSPS) is 11.7. The molecular formula is C13H23N3OS. The van der Waals surface area contributed by atoms with Crippen molar-refractivity contribution in [1.29, 1.82) is 0 Å². The van der Waals surface area contributed by atoms with Gasteiger partial charge in [0.2, 0.25) is 0 Å². The van der Waals surface area contributed by atoms with Crippen molar-refractivity contribution in [1.82, 2.24) is 15.6 Å². The third kappa shape index (κ3) is 4.64. The molecule has 0 bridgehead atoms. The average Bonchev–Trinajstić information content (AvgIpc) is 2.69. The fourth-order valence-corrected chi connectivity index (χ4v) is 1.93. The molecule has 0 aromatic carbocycles. The highest BCUT2D eigenvalue weighted by molar-refractivity contribution is 7.09. The zero-order valence-corrected chi connectivity index (χ0v) is 12.6. The van der Waals surface area contributed by atoms with E-state index in [1.165, 1.54) is 0 Å². The summed E-state index contributed by atoms with van der Waals surface area (Å²) in [5.41, 5.74) is 1.10. The summed E-state index contributed by atoms with van der Waals surface area (Å²) in [7, 11) is 0. The molecule has 1 aromatic rings. The van der Waals surface area contributed by atoms with Crippen LogP contribution in [0.2, 0.25) is 0 Å². The van der Waals surface area contributed by atoms with Gasteiger partial charge in [-0.25, -0.2) is 9.78 Å². The predicted molar refractivity (Wildman–Crippen MR) is 75.7 cm³/mol. The zero-order chi connectivity index (χ0) is 13.8. The quantitative estimate of drug-likeness (QED) is 0.863. The van der Waals surface area contributed by atoms with E-state index >= 15 is 0 Å². The first-order chi connectivity index (χ1) is 8.31. The number of hydrogen-bond donors (Lipinski definition) is 2. The topological polar surface area (TPSA) is 54.0 Å². The highest BCUT2D eigenvalue weighted by Crippen LogP contribution is 2.24. The molecule has 0 aliphatic rings. The Labute approximate surface area is 113 Å². The Morgan fingerprint density at radius 1 is 1.44 bits per heavy atom. The fourth-order valence-electron chi connectivity index (χ4n) is 1.21. The highest BCUT2D eigenvalue weighted by atomic mass is 32.1. The first kappa shape index (κ1) is 15.0. The van der Waals surface area contributed by atoms with Gasteiger partial charge in [0.25, 0.3) is 0 Å².